The number of carbonyl (C=O) groups is 1. The number of rotatable bonds is 2. The molecule has 1 unspecified atom stereocenters. The van der Waals surface area contributed by atoms with Gasteiger partial charge in [0.1, 0.15) is 0 Å². The molecule has 100 valence electrons. The third-order valence-corrected chi connectivity index (χ3v) is 3.93. The number of nitrogens with zero attached hydrogens (tertiary/aromatic N) is 2. The predicted molar refractivity (Wildman–Crippen MR) is 69.4 cm³/mol. The fourth-order valence-corrected chi connectivity index (χ4v) is 2.31. The van der Waals surface area contributed by atoms with Crippen molar-refractivity contribution in [1.82, 2.24) is 15.5 Å². The predicted octanol–water partition coefficient (Wildman–Crippen LogP) is 2.39. The van der Waals surface area contributed by atoms with Crippen molar-refractivity contribution in [3.8, 4) is 11.7 Å². The highest BCUT2D eigenvalue weighted by molar-refractivity contribution is 9.10. The molecule has 19 heavy (non-hydrogen) atoms. The van der Waals surface area contributed by atoms with Crippen molar-refractivity contribution in [2.24, 2.45) is 0 Å². The van der Waals surface area contributed by atoms with E-state index in [4.69, 9.17) is 8.94 Å². The topological polar surface area (TPSA) is 81.2 Å². The summed E-state index contributed by atoms with van der Waals surface area (Å²) in [5.41, 5.74) is 0.972. The molecule has 3 rings (SSSR count). The first kappa shape index (κ1) is 12.4. The first-order valence-corrected chi connectivity index (χ1v) is 6.79. The third-order valence-electron chi connectivity index (χ3n) is 3.14. The number of hydrogen-bond donors (Lipinski definition) is 1. The summed E-state index contributed by atoms with van der Waals surface area (Å²) < 4.78 is 11.3. The molecule has 1 amide bonds. The average molecular weight is 326 g/mol. The van der Waals surface area contributed by atoms with Gasteiger partial charge in [-0.25, -0.2) is 0 Å². The van der Waals surface area contributed by atoms with E-state index in [0.29, 0.717) is 35.1 Å². The molecule has 3 heterocycles. The maximum Gasteiger partial charge on any atom is 0.293 e. The number of amides is 1. The van der Waals surface area contributed by atoms with Crippen molar-refractivity contribution in [3.05, 3.63) is 22.1 Å². The normalized spacial score (nSPS) is 19.5. The van der Waals surface area contributed by atoms with Crippen molar-refractivity contribution >= 4 is 21.8 Å². The van der Waals surface area contributed by atoms with Crippen LogP contribution in [0, 0.1) is 6.92 Å². The molecule has 1 aliphatic heterocycles. The number of nitrogens with one attached hydrogen (secondary N) is 1. The Labute approximate surface area is 117 Å². The monoisotopic (exact) mass is 325 g/mol. The molecule has 1 fully saturated rings. The van der Waals surface area contributed by atoms with E-state index in [2.05, 4.69) is 31.4 Å². The van der Waals surface area contributed by atoms with E-state index in [1.54, 1.807) is 0 Å². The summed E-state index contributed by atoms with van der Waals surface area (Å²) >= 11 is 3.30. The van der Waals surface area contributed by atoms with Gasteiger partial charge in [-0.1, -0.05) is 5.16 Å². The lowest BCUT2D eigenvalue weighted by atomic mass is 9.99. The van der Waals surface area contributed by atoms with Crippen LogP contribution in [0.4, 0.5) is 0 Å². The Bertz CT molecular complexity index is 590. The lowest BCUT2D eigenvalue weighted by molar-refractivity contribution is -0.122. The molecule has 2 aromatic heterocycles. The van der Waals surface area contributed by atoms with Crippen LogP contribution in [0.3, 0.4) is 0 Å². The maximum atomic E-state index is 11.1. The van der Waals surface area contributed by atoms with Gasteiger partial charge in [-0.05, 0) is 35.3 Å². The smallest absolute Gasteiger partial charge is 0.293 e. The second-order valence-electron chi connectivity index (χ2n) is 4.56. The first-order valence-electron chi connectivity index (χ1n) is 6.00. The fourth-order valence-electron chi connectivity index (χ4n) is 2.02. The fraction of sp³-hybridized carbons (Fsp3) is 0.417. The average Bonchev–Trinajstić information content (AvgIpc) is 2.99. The molecule has 2 aromatic rings. The molecule has 1 aliphatic rings. The number of halogens is 1. The first-order chi connectivity index (χ1) is 9.13. The van der Waals surface area contributed by atoms with Crippen molar-refractivity contribution in [2.45, 2.75) is 25.7 Å². The number of furan rings is 1. The molecule has 0 aromatic carbocycles. The summed E-state index contributed by atoms with van der Waals surface area (Å²) in [6.07, 6.45) is 1.24. The van der Waals surface area contributed by atoms with E-state index in [0.717, 1.165) is 12.0 Å². The molecule has 0 spiro atoms. The Balaban J connectivity index is 1.81. The highest BCUT2D eigenvalue weighted by Crippen LogP contribution is 2.29. The standard InChI is InChI=1S/C12H12BrN3O3/c1-6-4-8(18-10(6)13)12-15-11(16-19-12)7-2-3-9(17)14-5-7/h4,7H,2-3,5H2,1H3,(H,14,17). The van der Waals surface area contributed by atoms with Crippen molar-refractivity contribution in [3.63, 3.8) is 0 Å². The molecule has 1 atom stereocenters. The number of piperidine rings is 1. The van der Waals surface area contributed by atoms with Crippen LogP contribution in [-0.2, 0) is 4.79 Å². The summed E-state index contributed by atoms with van der Waals surface area (Å²) in [5.74, 6) is 1.70. The SMILES string of the molecule is Cc1cc(-c2nc(C3CCC(=O)NC3)no2)oc1Br. The summed E-state index contributed by atoms with van der Waals surface area (Å²) in [6, 6.07) is 1.84. The minimum atomic E-state index is 0.0746. The van der Waals surface area contributed by atoms with Gasteiger partial charge in [-0.15, -0.1) is 0 Å². The van der Waals surface area contributed by atoms with Gasteiger partial charge in [-0.2, -0.15) is 4.98 Å². The highest BCUT2D eigenvalue weighted by Gasteiger charge is 2.25. The lowest BCUT2D eigenvalue weighted by Crippen LogP contribution is -2.34. The highest BCUT2D eigenvalue weighted by atomic mass is 79.9. The number of aromatic nitrogens is 2. The lowest BCUT2D eigenvalue weighted by Gasteiger charge is -2.18. The number of carbonyl (C=O) groups excluding carboxylic acids is 1. The van der Waals surface area contributed by atoms with E-state index < -0.39 is 0 Å². The van der Waals surface area contributed by atoms with Crippen molar-refractivity contribution in [1.29, 1.82) is 0 Å². The van der Waals surface area contributed by atoms with Gasteiger partial charge in [0.2, 0.25) is 5.91 Å². The number of aryl methyl sites for hydroxylation is 1. The molecule has 0 saturated carbocycles. The Morgan fingerprint density at radius 3 is 3.00 bits per heavy atom. The van der Waals surface area contributed by atoms with Crippen LogP contribution in [0.2, 0.25) is 0 Å². The molecule has 1 N–H and O–H groups in total. The zero-order valence-corrected chi connectivity index (χ0v) is 11.9. The van der Waals surface area contributed by atoms with Gasteiger partial charge in [0.05, 0.1) is 0 Å². The minimum Gasteiger partial charge on any atom is -0.444 e. The van der Waals surface area contributed by atoms with E-state index in [9.17, 15) is 4.79 Å². The molecule has 7 heteroatoms. The largest absolute Gasteiger partial charge is 0.444 e. The zero-order valence-electron chi connectivity index (χ0n) is 10.3. The number of hydrogen-bond acceptors (Lipinski definition) is 5. The molecular formula is C12H12BrN3O3. The van der Waals surface area contributed by atoms with E-state index in [-0.39, 0.29) is 11.8 Å². The van der Waals surface area contributed by atoms with Crippen LogP contribution in [-0.4, -0.2) is 22.6 Å². The molecule has 6 nitrogen and oxygen atoms in total. The summed E-state index contributed by atoms with van der Waals surface area (Å²) in [7, 11) is 0. The van der Waals surface area contributed by atoms with Gasteiger partial charge in [0.15, 0.2) is 16.3 Å². The van der Waals surface area contributed by atoms with Crippen LogP contribution < -0.4 is 5.32 Å². The summed E-state index contributed by atoms with van der Waals surface area (Å²) in [6.45, 7) is 2.48. The second kappa shape index (κ2) is 4.80. The van der Waals surface area contributed by atoms with Gasteiger partial charge < -0.3 is 14.3 Å². The Morgan fingerprint density at radius 2 is 2.37 bits per heavy atom. The minimum absolute atomic E-state index is 0.0746. The van der Waals surface area contributed by atoms with Crippen LogP contribution in [0.1, 0.15) is 30.1 Å². The van der Waals surface area contributed by atoms with Crippen molar-refractivity contribution < 1.29 is 13.7 Å². The van der Waals surface area contributed by atoms with Crippen LogP contribution in [0.25, 0.3) is 11.7 Å². The molecule has 0 aliphatic carbocycles. The molecule has 1 saturated heterocycles. The van der Waals surface area contributed by atoms with E-state index >= 15 is 0 Å². The van der Waals surface area contributed by atoms with Crippen LogP contribution in [0.5, 0.6) is 0 Å². The Hall–Kier alpha value is -1.63. The Kier molecular flexibility index (Phi) is 3.14. The quantitative estimate of drug-likeness (QED) is 0.916. The Morgan fingerprint density at radius 1 is 1.53 bits per heavy atom. The van der Waals surface area contributed by atoms with Crippen molar-refractivity contribution in [2.75, 3.05) is 6.54 Å². The zero-order chi connectivity index (χ0) is 13.4. The van der Waals surface area contributed by atoms with Gasteiger partial charge in [-0.3, -0.25) is 4.79 Å². The molecule has 0 radical (unpaired) electrons. The summed E-state index contributed by atoms with van der Waals surface area (Å²) in [4.78, 5) is 15.5. The van der Waals surface area contributed by atoms with E-state index in [1.165, 1.54) is 0 Å². The molecular weight excluding hydrogens is 314 g/mol. The third kappa shape index (κ3) is 2.42. The van der Waals surface area contributed by atoms with Crippen LogP contribution in [0.15, 0.2) is 19.7 Å². The maximum absolute atomic E-state index is 11.1. The van der Waals surface area contributed by atoms with E-state index in [1.807, 2.05) is 13.0 Å². The second-order valence-corrected chi connectivity index (χ2v) is 5.29. The summed E-state index contributed by atoms with van der Waals surface area (Å²) in [5, 5.41) is 6.77. The van der Waals surface area contributed by atoms with Gasteiger partial charge >= 0.3 is 0 Å². The van der Waals surface area contributed by atoms with Gasteiger partial charge in [0, 0.05) is 24.4 Å². The van der Waals surface area contributed by atoms with Crippen LogP contribution >= 0.6 is 15.9 Å². The van der Waals surface area contributed by atoms with Gasteiger partial charge in [0.25, 0.3) is 5.89 Å². The molecule has 0 bridgehead atoms.